The first kappa shape index (κ1) is 8.93. The number of carbonyl (C=O) groups excluding carboxylic acids is 1. The summed E-state index contributed by atoms with van der Waals surface area (Å²) in [4.78, 5) is 16.0. The molecule has 5 heteroatoms. The first-order valence-corrected chi connectivity index (χ1v) is 4.33. The molecule has 0 radical (unpaired) electrons. The Hall–Kier alpha value is -1.65. The monoisotopic (exact) mass is 195 g/mol. The van der Waals surface area contributed by atoms with Crippen molar-refractivity contribution in [2.24, 2.45) is 11.7 Å². The van der Waals surface area contributed by atoms with Gasteiger partial charge in [0.25, 0.3) is 0 Å². The fourth-order valence-electron chi connectivity index (χ4n) is 1.47. The Morgan fingerprint density at radius 1 is 1.64 bits per heavy atom. The van der Waals surface area contributed by atoms with E-state index in [1.807, 2.05) is 0 Å². The van der Waals surface area contributed by atoms with E-state index in [1.54, 1.807) is 17.0 Å². The summed E-state index contributed by atoms with van der Waals surface area (Å²) in [5, 5.41) is 0. The topological polar surface area (TPSA) is 59.2 Å². The van der Waals surface area contributed by atoms with Crippen LogP contribution in [0.3, 0.4) is 0 Å². The predicted octanol–water partition coefficient (Wildman–Crippen LogP) is 0.142. The lowest BCUT2D eigenvalue weighted by atomic mass is 9.99. The van der Waals surface area contributed by atoms with Gasteiger partial charge in [0, 0.05) is 19.3 Å². The molecule has 0 bridgehead atoms. The summed E-state index contributed by atoms with van der Waals surface area (Å²) >= 11 is 0. The molecule has 2 N–H and O–H groups in total. The van der Waals surface area contributed by atoms with E-state index in [2.05, 4.69) is 4.98 Å². The second-order valence-electron chi connectivity index (χ2n) is 3.32. The van der Waals surface area contributed by atoms with Gasteiger partial charge in [-0.15, -0.1) is 0 Å². The molecule has 1 amide bonds. The summed E-state index contributed by atoms with van der Waals surface area (Å²) in [6, 6.07) is 3.30. The Morgan fingerprint density at radius 2 is 2.36 bits per heavy atom. The van der Waals surface area contributed by atoms with Gasteiger partial charge in [-0.2, -0.15) is 4.39 Å². The molecule has 0 aromatic carbocycles. The number of anilines is 1. The Bertz CT molecular complexity index is 363. The molecule has 74 valence electrons. The maximum absolute atomic E-state index is 13.1. The lowest BCUT2D eigenvalue weighted by Crippen LogP contribution is -2.52. The number of primary amides is 1. The fraction of sp³-hybridized carbons (Fsp3) is 0.333. The number of aromatic nitrogens is 1. The minimum atomic E-state index is -0.504. The highest BCUT2D eigenvalue weighted by Gasteiger charge is 2.32. The van der Waals surface area contributed by atoms with Crippen molar-refractivity contribution >= 4 is 11.6 Å². The molecule has 1 aliphatic rings. The molecule has 1 fully saturated rings. The van der Waals surface area contributed by atoms with E-state index >= 15 is 0 Å². The van der Waals surface area contributed by atoms with Crippen molar-refractivity contribution < 1.29 is 9.18 Å². The molecule has 0 atom stereocenters. The van der Waals surface area contributed by atoms with Gasteiger partial charge in [0.2, 0.25) is 11.9 Å². The Balaban J connectivity index is 2.07. The van der Waals surface area contributed by atoms with Crippen LogP contribution >= 0.6 is 0 Å². The molecule has 1 saturated heterocycles. The average molecular weight is 195 g/mol. The number of pyridine rings is 1. The number of nitrogens with zero attached hydrogens (tertiary/aromatic N) is 2. The highest BCUT2D eigenvalue weighted by molar-refractivity contribution is 5.80. The summed E-state index contributed by atoms with van der Waals surface area (Å²) in [6.07, 6.45) is 1.39. The number of hydrogen-bond donors (Lipinski definition) is 1. The van der Waals surface area contributed by atoms with Crippen LogP contribution in [0.2, 0.25) is 0 Å². The van der Waals surface area contributed by atoms with E-state index in [1.165, 1.54) is 6.20 Å². The Labute approximate surface area is 80.5 Å². The van der Waals surface area contributed by atoms with Crippen molar-refractivity contribution in [2.45, 2.75) is 0 Å². The van der Waals surface area contributed by atoms with E-state index in [4.69, 9.17) is 5.73 Å². The van der Waals surface area contributed by atoms with Crippen LogP contribution in [-0.2, 0) is 4.79 Å². The van der Waals surface area contributed by atoms with E-state index in [-0.39, 0.29) is 11.8 Å². The molecule has 1 aromatic heterocycles. The number of hydrogen-bond acceptors (Lipinski definition) is 3. The standard InChI is InChI=1S/C9H10FN3O/c10-8-7(2-1-3-12-8)13-4-6(5-13)9(11)14/h1-3,6H,4-5H2,(H2,11,14). The van der Waals surface area contributed by atoms with Gasteiger partial charge in [0.05, 0.1) is 11.6 Å². The van der Waals surface area contributed by atoms with Gasteiger partial charge < -0.3 is 10.6 Å². The Kier molecular flexibility index (Phi) is 2.07. The molecule has 0 saturated carbocycles. The minimum Gasteiger partial charge on any atom is -0.369 e. The highest BCUT2D eigenvalue weighted by Crippen LogP contribution is 2.25. The molecule has 2 rings (SSSR count). The van der Waals surface area contributed by atoms with Gasteiger partial charge >= 0.3 is 0 Å². The van der Waals surface area contributed by atoms with Gasteiger partial charge in [-0.25, -0.2) is 4.98 Å². The largest absolute Gasteiger partial charge is 0.369 e. The third kappa shape index (κ3) is 1.41. The summed E-state index contributed by atoms with van der Waals surface area (Å²) in [5.74, 6) is -0.990. The quantitative estimate of drug-likeness (QED) is 0.683. The summed E-state index contributed by atoms with van der Waals surface area (Å²) in [5.41, 5.74) is 5.54. The predicted molar refractivity (Wildman–Crippen MR) is 49.1 cm³/mol. The van der Waals surface area contributed by atoms with Gasteiger partial charge in [-0.3, -0.25) is 4.79 Å². The van der Waals surface area contributed by atoms with Crippen LogP contribution in [-0.4, -0.2) is 24.0 Å². The first-order valence-electron chi connectivity index (χ1n) is 4.33. The average Bonchev–Trinajstić information content (AvgIpc) is 2.05. The maximum Gasteiger partial charge on any atom is 0.236 e. The minimum absolute atomic E-state index is 0.158. The van der Waals surface area contributed by atoms with Crippen LogP contribution in [0.1, 0.15) is 0 Å². The van der Waals surface area contributed by atoms with Gasteiger partial charge in [0.15, 0.2) is 0 Å². The van der Waals surface area contributed by atoms with Crippen LogP contribution in [0.15, 0.2) is 18.3 Å². The van der Waals surface area contributed by atoms with Crippen LogP contribution in [0.5, 0.6) is 0 Å². The van der Waals surface area contributed by atoms with Crippen LogP contribution in [0.4, 0.5) is 10.1 Å². The molecule has 0 spiro atoms. The SMILES string of the molecule is NC(=O)C1CN(c2cccnc2F)C1. The second-order valence-corrected chi connectivity index (χ2v) is 3.32. The van der Waals surface area contributed by atoms with Crippen molar-refractivity contribution in [3.05, 3.63) is 24.3 Å². The van der Waals surface area contributed by atoms with Crippen molar-refractivity contribution in [3.8, 4) is 0 Å². The third-order valence-electron chi connectivity index (χ3n) is 2.36. The molecule has 1 aromatic rings. The van der Waals surface area contributed by atoms with Gasteiger partial charge in [-0.05, 0) is 12.1 Å². The zero-order valence-electron chi connectivity index (χ0n) is 7.48. The number of nitrogens with two attached hydrogens (primary N) is 1. The lowest BCUT2D eigenvalue weighted by molar-refractivity contribution is -0.122. The number of halogens is 1. The van der Waals surface area contributed by atoms with Crippen molar-refractivity contribution in [2.75, 3.05) is 18.0 Å². The molecule has 0 aliphatic carbocycles. The van der Waals surface area contributed by atoms with Gasteiger partial charge in [-0.1, -0.05) is 0 Å². The highest BCUT2D eigenvalue weighted by atomic mass is 19.1. The van der Waals surface area contributed by atoms with Gasteiger partial charge in [0.1, 0.15) is 0 Å². The zero-order chi connectivity index (χ0) is 10.1. The van der Waals surface area contributed by atoms with E-state index < -0.39 is 5.95 Å². The number of rotatable bonds is 2. The second kappa shape index (κ2) is 3.25. The van der Waals surface area contributed by atoms with Crippen LogP contribution in [0.25, 0.3) is 0 Å². The maximum atomic E-state index is 13.1. The zero-order valence-corrected chi connectivity index (χ0v) is 7.48. The fourth-order valence-corrected chi connectivity index (χ4v) is 1.47. The van der Waals surface area contributed by atoms with Crippen molar-refractivity contribution in [1.29, 1.82) is 0 Å². The smallest absolute Gasteiger partial charge is 0.236 e. The Morgan fingerprint density at radius 3 is 2.93 bits per heavy atom. The molecule has 0 unspecified atom stereocenters. The molecule has 2 heterocycles. The molecule has 4 nitrogen and oxygen atoms in total. The summed E-state index contributed by atoms with van der Waals surface area (Å²) in [7, 11) is 0. The lowest BCUT2D eigenvalue weighted by Gasteiger charge is -2.38. The third-order valence-corrected chi connectivity index (χ3v) is 2.36. The molecule has 1 aliphatic heterocycles. The van der Waals surface area contributed by atoms with Crippen LogP contribution in [0, 0.1) is 11.9 Å². The first-order chi connectivity index (χ1) is 6.68. The molecular formula is C9H10FN3O. The number of carbonyl (C=O) groups is 1. The van der Waals surface area contributed by atoms with Crippen molar-refractivity contribution in [3.63, 3.8) is 0 Å². The summed E-state index contributed by atoms with van der Waals surface area (Å²) in [6.45, 7) is 0.968. The normalized spacial score (nSPS) is 16.5. The van der Waals surface area contributed by atoms with E-state index in [0.717, 1.165) is 0 Å². The number of amides is 1. The molecule has 14 heavy (non-hydrogen) atoms. The van der Waals surface area contributed by atoms with E-state index in [0.29, 0.717) is 18.8 Å². The van der Waals surface area contributed by atoms with E-state index in [9.17, 15) is 9.18 Å². The summed E-state index contributed by atoms with van der Waals surface area (Å²) < 4.78 is 13.1. The molecular weight excluding hydrogens is 185 g/mol. The van der Waals surface area contributed by atoms with Crippen LogP contribution < -0.4 is 10.6 Å². The van der Waals surface area contributed by atoms with Crippen molar-refractivity contribution in [1.82, 2.24) is 4.98 Å².